The zero-order valence-electron chi connectivity index (χ0n) is 14.6. The number of nitrogens with one attached hydrogen (secondary N) is 1. The van der Waals surface area contributed by atoms with Crippen LogP contribution < -0.4 is 10.1 Å². The third-order valence-electron chi connectivity index (χ3n) is 4.65. The standard InChI is InChI=1S/C20H25N3O2/c1-25-19-6-2-4-16(12-19)15-23-18(7-8-20(23)24)9-11-22-14-17-5-3-10-21-13-17/h2-6,10,12-13,18,22H,7-9,11,14-15H2,1H3/t18-/m0/s1. The van der Waals surface area contributed by atoms with E-state index < -0.39 is 0 Å². The highest BCUT2D eigenvalue weighted by Crippen LogP contribution is 2.24. The molecule has 25 heavy (non-hydrogen) atoms. The van der Waals surface area contributed by atoms with E-state index in [4.69, 9.17) is 4.74 Å². The van der Waals surface area contributed by atoms with Crippen LogP contribution in [0.15, 0.2) is 48.8 Å². The van der Waals surface area contributed by atoms with Crippen molar-refractivity contribution < 1.29 is 9.53 Å². The number of aromatic nitrogens is 1. The number of likely N-dealkylation sites (tertiary alicyclic amines) is 1. The Morgan fingerprint density at radius 2 is 2.16 bits per heavy atom. The maximum absolute atomic E-state index is 12.3. The van der Waals surface area contributed by atoms with E-state index in [9.17, 15) is 4.79 Å². The van der Waals surface area contributed by atoms with Crippen molar-refractivity contribution in [2.24, 2.45) is 0 Å². The van der Waals surface area contributed by atoms with E-state index in [1.807, 2.05) is 41.4 Å². The van der Waals surface area contributed by atoms with E-state index in [0.29, 0.717) is 19.0 Å². The van der Waals surface area contributed by atoms with Gasteiger partial charge in [0.05, 0.1) is 7.11 Å². The minimum Gasteiger partial charge on any atom is -0.497 e. The summed E-state index contributed by atoms with van der Waals surface area (Å²) in [6.45, 7) is 2.36. The SMILES string of the molecule is COc1cccc(CN2C(=O)CC[C@H]2CCNCc2cccnc2)c1. The molecule has 132 valence electrons. The molecule has 0 aliphatic carbocycles. The van der Waals surface area contributed by atoms with Gasteiger partial charge < -0.3 is 15.0 Å². The van der Waals surface area contributed by atoms with Crippen LogP contribution in [0.5, 0.6) is 5.75 Å². The summed E-state index contributed by atoms with van der Waals surface area (Å²) in [7, 11) is 1.66. The van der Waals surface area contributed by atoms with Gasteiger partial charge in [-0.1, -0.05) is 18.2 Å². The van der Waals surface area contributed by atoms with E-state index in [0.717, 1.165) is 37.2 Å². The van der Waals surface area contributed by atoms with Gasteiger partial charge in [-0.05, 0) is 48.7 Å². The van der Waals surface area contributed by atoms with Gasteiger partial charge >= 0.3 is 0 Å². The first-order valence-corrected chi connectivity index (χ1v) is 8.78. The number of ether oxygens (including phenoxy) is 1. The summed E-state index contributed by atoms with van der Waals surface area (Å²) in [6.07, 6.45) is 6.22. The summed E-state index contributed by atoms with van der Waals surface area (Å²) in [5.41, 5.74) is 2.29. The average molecular weight is 339 g/mol. The highest BCUT2D eigenvalue weighted by atomic mass is 16.5. The van der Waals surface area contributed by atoms with Crippen molar-refractivity contribution in [3.8, 4) is 5.75 Å². The van der Waals surface area contributed by atoms with Crippen molar-refractivity contribution in [3.05, 3.63) is 59.9 Å². The van der Waals surface area contributed by atoms with E-state index in [1.165, 1.54) is 5.56 Å². The molecule has 1 aliphatic heterocycles. The third-order valence-corrected chi connectivity index (χ3v) is 4.65. The molecule has 1 fully saturated rings. The smallest absolute Gasteiger partial charge is 0.223 e. The van der Waals surface area contributed by atoms with Crippen LogP contribution >= 0.6 is 0 Å². The summed E-state index contributed by atoms with van der Waals surface area (Å²) in [6, 6.07) is 12.3. The number of benzene rings is 1. The number of hydrogen-bond acceptors (Lipinski definition) is 4. The molecule has 2 aromatic rings. The fraction of sp³-hybridized carbons (Fsp3) is 0.400. The van der Waals surface area contributed by atoms with Crippen molar-refractivity contribution in [3.63, 3.8) is 0 Å². The van der Waals surface area contributed by atoms with Gasteiger partial charge in [-0.2, -0.15) is 0 Å². The zero-order valence-corrected chi connectivity index (χ0v) is 14.6. The van der Waals surface area contributed by atoms with Gasteiger partial charge in [-0.15, -0.1) is 0 Å². The summed E-state index contributed by atoms with van der Waals surface area (Å²) >= 11 is 0. The Morgan fingerprint density at radius 3 is 2.96 bits per heavy atom. The fourth-order valence-electron chi connectivity index (χ4n) is 3.28. The predicted molar refractivity (Wildman–Crippen MR) is 97.1 cm³/mol. The Balaban J connectivity index is 1.51. The largest absolute Gasteiger partial charge is 0.497 e. The van der Waals surface area contributed by atoms with Gasteiger partial charge in [0.2, 0.25) is 5.91 Å². The molecular weight excluding hydrogens is 314 g/mol. The second-order valence-electron chi connectivity index (χ2n) is 6.39. The molecule has 0 saturated carbocycles. The van der Waals surface area contributed by atoms with E-state index in [-0.39, 0.29) is 5.91 Å². The lowest BCUT2D eigenvalue weighted by atomic mass is 10.1. The number of rotatable bonds is 8. The van der Waals surface area contributed by atoms with Gasteiger partial charge in [0.25, 0.3) is 0 Å². The number of nitrogens with zero attached hydrogens (tertiary/aromatic N) is 2. The van der Waals surface area contributed by atoms with Crippen LogP contribution in [-0.2, 0) is 17.9 Å². The van der Waals surface area contributed by atoms with Crippen molar-refractivity contribution >= 4 is 5.91 Å². The summed E-state index contributed by atoms with van der Waals surface area (Å²) in [5.74, 6) is 1.08. The van der Waals surface area contributed by atoms with Gasteiger partial charge in [0, 0.05) is 37.9 Å². The minimum atomic E-state index is 0.250. The molecule has 0 radical (unpaired) electrons. The quantitative estimate of drug-likeness (QED) is 0.752. The minimum absolute atomic E-state index is 0.250. The molecule has 5 heteroatoms. The molecule has 1 atom stereocenters. The van der Waals surface area contributed by atoms with Crippen LogP contribution in [0.1, 0.15) is 30.4 Å². The maximum Gasteiger partial charge on any atom is 0.223 e. The number of amides is 1. The molecule has 1 aromatic heterocycles. The molecule has 1 N–H and O–H groups in total. The van der Waals surface area contributed by atoms with Crippen LogP contribution in [0.4, 0.5) is 0 Å². The molecule has 1 aliphatic rings. The first-order valence-electron chi connectivity index (χ1n) is 8.78. The first-order chi connectivity index (χ1) is 12.3. The first kappa shape index (κ1) is 17.4. The second-order valence-corrected chi connectivity index (χ2v) is 6.39. The average Bonchev–Trinajstić information content (AvgIpc) is 3.00. The Labute approximate surface area is 149 Å². The lowest BCUT2D eigenvalue weighted by molar-refractivity contribution is -0.129. The highest BCUT2D eigenvalue weighted by Gasteiger charge is 2.30. The Bertz CT molecular complexity index is 690. The Hall–Kier alpha value is -2.40. The van der Waals surface area contributed by atoms with Crippen LogP contribution in [-0.4, -0.2) is 35.5 Å². The van der Waals surface area contributed by atoms with Crippen LogP contribution in [0, 0.1) is 0 Å². The van der Waals surface area contributed by atoms with Crippen LogP contribution in [0.2, 0.25) is 0 Å². The second kappa shape index (κ2) is 8.62. The van der Waals surface area contributed by atoms with Gasteiger partial charge in [-0.25, -0.2) is 0 Å². The van der Waals surface area contributed by atoms with Crippen LogP contribution in [0.25, 0.3) is 0 Å². The maximum atomic E-state index is 12.3. The number of carbonyl (C=O) groups excluding carboxylic acids is 1. The Morgan fingerprint density at radius 1 is 1.28 bits per heavy atom. The Kier molecular flexibility index (Phi) is 6.01. The van der Waals surface area contributed by atoms with E-state index in [1.54, 1.807) is 13.3 Å². The van der Waals surface area contributed by atoms with Crippen molar-refractivity contribution in [2.45, 2.75) is 38.4 Å². The molecular formula is C20H25N3O2. The predicted octanol–water partition coefficient (Wildman–Crippen LogP) is 2.76. The van der Waals surface area contributed by atoms with Crippen LogP contribution in [0.3, 0.4) is 0 Å². The highest BCUT2D eigenvalue weighted by molar-refractivity contribution is 5.78. The lowest BCUT2D eigenvalue weighted by Crippen LogP contribution is -2.34. The zero-order chi connectivity index (χ0) is 17.5. The van der Waals surface area contributed by atoms with Crippen molar-refractivity contribution in [1.82, 2.24) is 15.2 Å². The molecule has 2 heterocycles. The van der Waals surface area contributed by atoms with E-state index in [2.05, 4.69) is 16.4 Å². The van der Waals surface area contributed by atoms with E-state index >= 15 is 0 Å². The molecule has 5 nitrogen and oxygen atoms in total. The molecule has 1 aromatic carbocycles. The monoisotopic (exact) mass is 339 g/mol. The molecule has 0 unspecified atom stereocenters. The summed E-state index contributed by atoms with van der Waals surface area (Å²) < 4.78 is 5.28. The van der Waals surface area contributed by atoms with Crippen molar-refractivity contribution in [1.29, 1.82) is 0 Å². The topological polar surface area (TPSA) is 54.5 Å². The van der Waals surface area contributed by atoms with Gasteiger partial charge in [0.15, 0.2) is 0 Å². The summed E-state index contributed by atoms with van der Waals surface area (Å²) in [4.78, 5) is 18.4. The lowest BCUT2D eigenvalue weighted by Gasteiger charge is -2.25. The van der Waals surface area contributed by atoms with Crippen molar-refractivity contribution in [2.75, 3.05) is 13.7 Å². The normalized spacial score (nSPS) is 17.1. The molecule has 0 bridgehead atoms. The number of hydrogen-bond donors (Lipinski definition) is 1. The summed E-state index contributed by atoms with van der Waals surface area (Å²) in [5, 5.41) is 3.45. The fourth-order valence-corrected chi connectivity index (χ4v) is 3.28. The number of pyridine rings is 1. The third kappa shape index (κ3) is 4.79. The molecule has 3 rings (SSSR count). The molecule has 1 saturated heterocycles. The van der Waals surface area contributed by atoms with Gasteiger partial charge in [-0.3, -0.25) is 9.78 Å². The number of carbonyl (C=O) groups is 1. The van der Waals surface area contributed by atoms with Gasteiger partial charge in [0.1, 0.15) is 5.75 Å². The number of methoxy groups -OCH3 is 1. The molecule has 1 amide bonds. The molecule has 0 spiro atoms.